The molecule has 94 valence electrons. The topological polar surface area (TPSA) is 55.8 Å². The first-order valence-electron chi connectivity index (χ1n) is 5.69. The van der Waals surface area contributed by atoms with E-state index in [1.54, 1.807) is 7.11 Å². The molecule has 1 aromatic rings. The molecule has 1 N–H and O–H groups in total. The molecule has 0 radical (unpaired) electrons. The van der Waals surface area contributed by atoms with Crippen molar-refractivity contribution >= 4 is 5.97 Å². The summed E-state index contributed by atoms with van der Waals surface area (Å²) in [4.78, 5) is 10.5. The van der Waals surface area contributed by atoms with Crippen molar-refractivity contribution in [3.8, 4) is 11.5 Å². The summed E-state index contributed by atoms with van der Waals surface area (Å²) in [6.07, 6.45) is 1.44. The van der Waals surface area contributed by atoms with Crippen LogP contribution in [0.4, 0.5) is 0 Å². The number of aryl methyl sites for hydroxylation is 1. The first-order chi connectivity index (χ1) is 8.17. The van der Waals surface area contributed by atoms with Gasteiger partial charge in [-0.3, -0.25) is 4.79 Å². The average Bonchev–Trinajstić information content (AvgIpc) is 2.29. The van der Waals surface area contributed by atoms with Gasteiger partial charge in [0.15, 0.2) is 0 Å². The van der Waals surface area contributed by atoms with E-state index >= 15 is 0 Å². The molecule has 0 aliphatic heterocycles. The van der Waals surface area contributed by atoms with Crippen LogP contribution in [0.25, 0.3) is 0 Å². The van der Waals surface area contributed by atoms with E-state index in [1.807, 2.05) is 25.1 Å². The molecule has 0 bridgehead atoms. The Kier molecular flexibility index (Phi) is 5.33. The number of hydrogen-bond donors (Lipinski definition) is 1. The summed E-state index contributed by atoms with van der Waals surface area (Å²) >= 11 is 0. The van der Waals surface area contributed by atoms with Crippen LogP contribution < -0.4 is 9.47 Å². The standard InChI is InChI=1S/C13H18O4/c1-3-17-11-7-8-12(16-2)10(9-11)5-4-6-13(14)15/h7-9H,3-6H2,1-2H3,(H,14,15). The van der Waals surface area contributed by atoms with Crippen LogP contribution in [0.15, 0.2) is 18.2 Å². The number of benzene rings is 1. The van der Waals surface area contributed by atoms with E-state index in [4.69, 9.17) is 14.6 Å². The minimum atomic E-state index is -0.773. The molecule has 0 saturated heterocycles. The Labute approximate surface area is 101 Å². The fraction of sp³-hybridized carbons (Fsp3) is 0.462. The summed E-state index contributed by atoms with van der Waals surface area (Å²) in [5.74, 6) is 0.794. The summed E-state index contributed by atoms with van der Waals surface area (Å²) in [6.45, 7) is 2.54. The molecular formula is C13H18O4. The minimum Gasteiger partial charge on any atom is -0.496 e. The molecular weight excluding hydrogens is 220 g/mol. The lowest BCUT2D eigenvalue weighted by atomic mass is 10.1. The molecule has 0 aliphatic rings. The summed E-state index contributed by atoms with van der Waals surface area (Å²) < 4.78 is 10.6. The van der Waals surface area contributed by atoms with Gasteiger partial charge in [0.25, 0.3) is 0 Å². The van der Waals surface area contributed by atoms with Gasteiger partial charge in [-0.25, -0.2) is 0 Å². The van der Waals surface area contributed by atoms with Gasteiger partial charge in [0.1, 0.15) is 11.5 Å². The minimum absolute atomic E-state index is 0.169. The van der Waals surface area contributed by atoms with E-state index in [0.717, 1.165) is 17.1 Å². The summed E-state index contributed by atoms with van der Waals surface area (Å²) in [7, 11) is 1.61. The Bertz CT molecular complexity index is 374. The number of carboxylic acids is 1. The molecule has 0 unspecified atom stereocenters. The highest BCUT2D eigenvalue weighted by Gasteiger charge is 2.06. The third-order valence-corrected chi connectivity index (χ3v) is 2.40. The summed E-state index contributed by atoms with van der Waals surface area (Å²) in [6, 6.07) is 5.61. The summed E-state index contributed by atoms with van der Waals surface area (Å²) in [5.41, 5.74) is 0.986. The lowest BCUT2D eigenvalue weighted by Crippen LogP contribution is -1.99. The maximum Gasteiger partial charge on any atom is 0.303 e. The van der Waals surface area contributed by atoms with Crippen LogP contribution in [0.2, 0.25) is 0 Å². The average molecular weight is 238 g/mol. The van der Waals surface area contributed by atoms with Crippen molar-refractivity contribution in [2.45, 2.75) is 26.2 Å². The summed E-state index contributed by atoms with van der Waals surface area (Å²) in [5, 5.41) is 8.60. The number of hydrogen-bond acceptors (Lipinski definition) is 3. The highest BCUT2D eigenvalue weighted by Crippen LogP contribution is 2.25. The first-order valence-corrected chi connectivity index (χ1v) is 5.69. The maximum absolute atomic E-state index is 10.5. The van der Waals surface area contributed by atoms with E-state index in [2.05, 4.69) is 0 Å². The van der Waals surface area contributed by atoms with Crippen LogP contribution in [0.1, 0.15) is 25.3 Å². The number of carbonyl (C=O) groups is 1. The second-order valence-electron chi connectivity index (χ2n) is 3.65. The Hall–Kier alpha value is -1.71. The van der Waals surface area contributed by atoms with Gasteiger partial charge in [0.2, 0.25) is 0 Å². The van der Waals surface area contributed by atoms with Crippen LogP contribution in [0.3, 0.4) is 0 Å². The molecule has 0 saturated carbocycles. The first kappa shape index (κ1) is 13.4. The lowest BCUT2D eigenvalue weighted by Gasteiger charge is -2.10. The van der Waals surface area contributed by atoms with Crippen molar-refractivity contribution in [3.05, 3.63) is 23.8 Å². The third kappa shape index (κ3) is 4.34. The van der Waals surface area contributed by atoms with Crippen molar-refractivity contribution in [2.75, 3.05) is 13.7 Å². The Morgan fingerprint density at radius 1 is 1.41 bits per heavy atom. The largest absolute Gasteiger partial charge is 0.496 e. The number of ether oxygens (including phenoxy) is 2. The van der Waals surface area contributed by atoms with E-state index < -0.39 is 5.97 Å². The van der Waals surface area contributed by atoms with E-state index in [-0.39, 0.29) is 6.42 Å². The molecule has 0 fully saturated rings. The van der Waals surface area contributed by atoms with Gasteiger partial charge in [-0.05, 0) is 43.5 Å². The molecule has 0 spiro atoms. The number of methoxy groups -OCH3 is 1. The van der Waals surface area contributed by atoms with Gasteiger partial charge < -0.3 is 14.6 Å². The molecule has 0 aliphatic carbocycles. The number of aliphatic carboxylic acids is 1. The molecule has 4 nitrogen and oxygen atoms in total. The van der Waals surface area contributed by atoms with Crippen LogP contribution in [-0.4, -0.2) is 24.8 Å². The molecule has 1 aromatic carbocycles. The third-order valence-electron chi connectivity index (χ3n) is 2.40. The Morgan fingerprint density at radius 2 is 2.18 bits per heavy atom. The Morgan fingerprint density at radius 3 is 2.76 bits per heavy atom. The molecule has 1 rings (SSSR count). The normalized spacial score (nSPS) is 10.0. The number of carboxylic acid groups (broad SMARTS) is 1. The van der Waals surface area contributed by atoms with Gasteiger partial charge in [-0.2, -0.15) is 0 Å². The van der Waals surface area contributed by atoms with Gasteiger partial charge in [0, 0.05) is 6.42 Å². The lowest BCUT2D eigenvalue weighted by molar-refractivity contribution is -0.137. The second kappa shape index (κ2) is 6.78. The van der Waals surface area contributed by atoms with Crippen LogP contribution in [0, 0.1) is 0 Å². The second-order valence-corrected chi connectivity index (χ2v) is 3.65. The molecule has 0 amide bonds. The smallest absolute Gasteiger partial charge is 0.303 e. The zero-order valence-electron chi connectivity index (χ0n) is 10.2. The molecule has 0 aromatic heterocycles. The monoisotopic (exact) mass is 238 g/mol. The van der Waals surface area contributed by atoms with E-state index in [0.29, 0.717) is 19.4 Å². The fourth-order valence-electron chi connectivity index (χ4n) is 1.64. The van der Waals surface area contributed by atoms with E-state index in [1.165, 1.54) is 0 Å². The highest BCUT2D eigenvalue weighted by molar-refractivity contribution is 5.66. The van der Waals surface area contributed by atoms with Crippen molar-refractivity contribution in [1.82, 2.24) is 0 Å². The SMILES string of the molecule is CCOc1ccc(OC)c(CCCC(=O)O)c1. The molecule has 0 heterocycles. The Balaban J connectivity index is 2.71. The van der Waals surface area contributed by atoms with Crippen LogP contribution >= 0.6 is 0 Å². The van der Waals surface area contributed by atoms with Gasteiger partial charge >= 0.3 is 5.97 Å². The highest BCUT2D eigenvalue weighted by atomic mass is 16.5. The quantitative estimate of drug-likeness (QED) is 0.793. The van der Waals surface area contributed by atoms with Crippen molar-refractivity contribution in [2.24, 2.45) is 0 Å². The van der Waals surface area contributed by atoms with Crippen molar-refractivity contribution in [3.63, 3.8) is 0 Å². The van der Waals surface area contributed by atoms with Crippen LogP contribution in [-0.2, 0) is 11.2 Å². The van der Waals surface area contributed by atoms with Gasteiger partial charge in [-0.15, -0.1) is 0 Å². The molecule has 0 atom stereocenters. The number of rotatable bonds is 7. The fourth-order valence-corrected chi connectivity index (χ4v) is 1.64. The predicted molar refractivity (Wildman–Crippen MR) is 64.7 cm³/mol. The zero-order valence-corrected chi connectivity index (χ0v) is 10.2. The van der Waals surface area contributed by atoms with Crippen molar-refractivity contribution in [1.29, 1.82) is 0 Å². The van der Waals surface area contributed by atoms with Gasteiger partial charge in [-0.1, -0.05) is 0 Å². The maximum atomic E-state index is 10.5. The molecule has 17 heavy (non-hydrogen) atoms. The van der Waals surface area contributed by atoms with Crippen molar-refractivity contribution < 1.29 is 19.4 Å². The van der Waals surface area contributed by atoms with Gasteiger partial charge in [0.05, 0.1) is 13.7 Å². The molecule has 4 heteroatoms. The van der Waals surface area contributed by atoms with Crippen LogP contribution in [0.5, 0.6) is 11.5 Å². The zero-order chi connectivity index (χ0) is 12.7. The van der Waals surface area contributed by atoms with E-state index in [9.17, 15) is 4.79 Å². The predicted octanol–water partition coefficient (Wildman–Crippen LogP) is 2.50.